The molecule has 156 valence electrons. The predicted octanol–water partition coefficient (Wildman–Crippen LogP) is 2.43. The molecule has 2 aromatic carbocycles. The minimum absolute atomic E-state index is 0.0628. The molecule has 1 aliphatic heterocycles. The van der Waals surface area contributed by atoms with E-state index in [0.717, 1.165) is 18.8 Å². The Morgan fingerprint density at radius 1 is 1.03 bits per heavy atom. The Labute approximate surface area is 173 Å². The average Bonchev–Trinajstić information content (AvgIpc) is 3.30. The molecule has 1 fully saturated rings. The predicted molar refractivity (Wildman–Crippen MR) is 109 cm³/mol. The number of piperazine rings is 1. The van der Waals surface area contributed by atoms with Crippen LogP contribution in [-0.4, -0.2) is 38.6 Å². The molecule has 1 atom stereocenters. The number of amides is 1. The van der Waals surface area contributed by atoms with Crippen molar-refractivity contribution in [1.29, 1.82) is 0 Å². The fourth-order valence-electron chi connectivity index (χ4n) is 3.93. The SMILES string of the molecule is O=C(NC[C@@H](c1ccco1)[NH+]1CCN(c2ccccc2F)CC1)c1ccc(F)cc1. The number of para-hydroxylation sites is 1. The van der Waals surface area contributed by atoms with Crippen LogP contribution in [0.3, 0.4) is 0 Å². The van der Waals surface area contributed by atoms with Crippen molar-refractivity contribution in [1.82, 2.24) is 5.32 Å². The average molecular weight is 412 g/mol. The maximum atomic E-state index is 14.1. The lowest BCUT2D eigenvalue weighted by Crippen LogP contribution is -3.15. The number of rotatable bonds is 6. The van der Waals surface area contributed by atoms with E-state index in [2.05, 4.69) is 10.2 Å². The molecule has 2 heterocycles. The number of benzene rings is 2. The standard InChI is InChI=1S/C23H23F2N3O2/c24-18-9-7-17(8-10-18)23(29)26-16-21(22-6-3-15-30-22)28-13-11-27(12-14-28)20-5-2-1-4-19(20)25/h1-10,15,21H,11-14,16H2,(H,26,29)/p+1/t21-/m0/s1. The van der Waals surface area contributed by atoms with Crippen molar-refractivity contribution in [2.45, 2.75) is 6.04 Å². The van der Waals surface area contributed by atoms with Crippen LogP contribution in [0, 0.1) is 11.6 Å². The summed E-state index contributed by atoms with van der Waals surface area (Å²) in [5.74, 6) is -0.0491. The van der Waals surface area contributed by atoms with Crippen molar-refractivity contribution < 1.29 is 22.9 Å². The van der Waals surface area contributed by atoms with Gasteiger partial charge in [-0.05, 0) is 48.5 Å². The number of anilines is 1. The second-order valence-corrected chi connectivity index (χ2v) is 7.38. The lowest BCUT2D eigenvalue weighted by Gasteiger charge is -2.37. The van der Waals surface area contributed by atoms with E-state index in [1.165, 1.54) is 35.2 Å². The molecule has 1 aliphatic rings. The quantitative estimate of drug-likeness (QED) is 0.654. The highest BCUT2D eigenvalue weighted by Gasteiger charge is 2.31. The fraction of sp³-hybridized carbons (Fsp3) is 0.261. The van der Waals surface area contributed by atoms with Gasteiger partial charge >= 0.3 is 0 Å². The molecule has 1 aromatic heterocycles. The largest absolute Gasteiger partial charge is 0.463 e. The molecule has 5 nitrogen and oxygen atoms in total. The highest BCUT2D eigenvalue weighted by molar-refractivity contribution is 5.94. The lowest BCUT2D eigenvalue weighted by molar-refractivity contribution is -0.932. The lowest BCUT2D eigenvalue weighted by atomic mass is 10.1. The first kappa shape index (κ1) is 20.1. The normalized spacial score (nSPS) is 15.7. The maximum absolute atomic E-state index is 14.1. The molecule has 0 saturated carbocycles. The molecule has 0 aliphatic carbocycles. The molecule has 1 amide bonds. The van der Waals surface area contributed by atoms with Crippen molar-refractivity contribution in [3.05, 3.63) is 89.9 Å². The molecule has 4 rings (SSSR count). The van der Waals surface area contributed by atoms with Gasteiger partial charge in [0.1, 0.15) is 11.6 Å². The van der Waals surface area contributed by atoms with Gasteiger partial charge in [0.15, 0.2) is 11.8 Å². The Morgan fingerprint density at radius 2 is 1.77 bits per heavy atom. The minimum Gasteiger partial charge on any atom is -0.463 e. The molecule has 0 bridgehead atoms. The van der Waals surface area contributed by atoms with Gasteiger partial charge in [0.25, 0.3) is 5.91 Å². The molecule has 3 aromatic rings. The summed E-state index contributed by atoms with van der Waals surface area (Å²) in [4.78, 5) is 15.8. The van der Waals surface area contributed by atoms with Crippen LogP contribution in [-0.2, 0) is 0 Å². The van der Waals surface area contributed by atoms with E-state index in [0.29, 0.717) is 30.9 Å². The van der Waals surface area contributed by atoms with Crippen LogP contribution >= 0.6 is 0 Å². The third kappa shape index (κ3) is 4.52. The Bertz CT molecular complexity index is 968. The molecular weight excluding hydrogens is 388 g/mol. The Kier molecular flexibility index (Phi) is 6.09. The van der Waals surface area contributed by atoms with Crippen LogP contribution in [0.2, 0.25) is 0 Å². The van der Waals surface area contributed by atoms with Crippen molar-refractivity contribution >= 4 is 11.6 Å². The highest BCUT2D eigenvalue weighted by atomic mass is 19.1. The van der Waals surface area contributed by atoms with Crippen LogP contribution in [0.15, 0.2) is 71.3 Å². The zero-order chi connectivity index (χ0) is 20.9. The van der Waals surface area contributed by atoms with E-state index in [4.69, 9.17) is 4.42 Å². The smallest absolute Gasteiger partial charge is 0.251 e. The van der Waals surface area contributed by atoms with Gasteiger partial charge in [0.2, 0.25) is 0 Å². The van der Waals surface area contributed by atoms with E-state index >= 15 is 0 Å². The summed E-state index contributed by atoms with van der Waals surface area (Å²) in [5, 5.41) is 2.94. The van der Waals surface area contributed by atoms with Gasteiger partial charge in [-0.3, -0.25) is 4.79 Å². The summed E-state index contributed by atoms with van der Waals surface area (Å²) in [5.41, 5.74) is 1.03. The summed E-state index contributed by atoms with van der Waals surface area (Å²) >= 11 is 0. The number of quaternary nitrogens is 1. The van der Waals surface area contributed by atoms with E-state index in [-0.39, 0.29) is 23.6 Å². The molecular formula is C23H24F2N3O2+. The zero-order valence-corrected chi connectivity index (χ0v) is 16.5. The molecule has 2 N–H and O–H groups in total. The van der Waals surface area contributed by atoms with Crippen LogP contribution in [0.25, 0.3) is 0 Å². The number of nitrogens with zero attached hydrogens (tertiary/aromatic N) is 1. The molecule has 0 radical (unpaired) electrons. The molecule has 30 heavy (non-hydrogen) atoms. The third-order valence-electron chi connectivity index (χ3n) is 5.55. The Morgan fingerprint density at radius 3 is 2.43 bits per heavy atom. The van der Waals surface area contributed by atoms with Gasteiger partial charge in [0.05, 0.1) is 44.7 Å². The number of carbonyl (C=O) groups excluding carboxylic acids is 1. The maximum Gasteiger partial charge on any atom is 0.251 e. The number of furan rings is 1. The van der Waals surface area contributed by atoms with E-state index in [1.807, 2.05) is 18.2 Å². The van der Waals surface area contributed by atoms with Crippen molar-refractivity contribution in [3.8, 4) is 0 Å². The van der Waals surface area contributed by atoms with Gasteiger partial charge in [-0.15, -0.1) is 0 Å². The minimum atomic E-state index is -0.378. The first-order valence-electron chi connectivity index (χ1n) is 10.0. The van der Waals surface area contributed by atoms with Crippen LogP contribution in [0.1, 0.15) is 22.2 Å². The molecule has 0 spiro atoms. The van der Waals surface area contributed by atoms with Gasteiger partial charge in [-0.25, -0.2) is 8.78 Å². The number of nitrogens with one attached hydrogen (secondary N) is 2. The summed E-state index contributed by atoms with van der Waals surface area (Å²) < 4.78 is 32.8. The summed E-state index contributed by atoms with van der Waals surface area (Å²) in [6, 6.07) is 16.0. The number of halogens is 2. The number of hydrogen-bond donors (Lipinski definition) is 2. The molecule has 1 saturated heterocycles. The number of carbonyl (C=O) groups is 1. The third-order valence-corrected chi connectivity index (χ3v) is 5.55. The first-order chi connectivity index (χ1) is 14.6. The Balaban J connectivity index is 1.41. The molecule has 0 unspecified atom stereocenters. The number of hydrogen-bond acceptors (Lipinski definition) is 3. The summed E-state index contributed by atoms with van der Waals surface area (Å²) in [7, 11) is 0. The van der Waals surface area contributed by atoms with Crippen molar-refractivity contribution in [3.63, 3.8) is 0 Å². The summed E-state index contributed by atoms with van der Waals surface area (Å²) in [6.45, 7) is 3.37. The van der Waals surface area contributed by atoms with Gasteiger partial charge in [-0.1, -0.05) is 12.1 Å². The topological polar surface area (TPSA) is 49.9 Å². The highest BCUT2D eigenvalue weighted by Crippen LogP contribution is 2.19. The van der Waals surface area contributed by atoms with Crippen LogP contribution in [0.4, 0.5) is 14.5 Å². The van der Waals surface area contributed by atoms with E-state index in [1.54, 1.807) is 18.4 Å². The van der Waals surface area contributed by atoms with Crippen molar-refractivity contribution in [2.75, 3.05) is 37.6 Å². The Hall–Kier alpha value is -3.19. The zero-order valence-electron chi connectivity index (χ0n) is 16.5. The van der Waals surface area contributed by atoms with E-state index < -0.39 is 0 Å². The van der Waals surface area contributed by atoms with Crippen LogP contribution in [0.5, 0.6) is 0 Å². The van der Waals surface area contributed by atoms with E-state index in [9.17, 15) is 13.6 Å². The second kappa shape index (κ2) is 9.09. The van der Waals surface area contributed by atoms with Gasteiger partial charge in [0, 0.05) is 5.56 Å². The van der Waals surface area contributed by atoms with Crippen molar-refractivity contribution in [2.24, 2.45) is 0 Å². The van der Waals surface area contributed by atoms with Gasteiger partial charge in [-0.2, -0.15) is 0 Å². The van der Waals surface area contributed by atoms with Crippen LogP contribution < -0.4 is 15.1 Å². The summed E-state index contributed by atoms with van der Waals surface area (Å²) in [6.07, 6.45) is 1.62. The monoisotopic (exact) mass is 412 g/mol. The second-order valence-electron chi connectivity index (χ2n) is 7.38. The molecule has 7 heteroatoms. The first-order valence-corrected chi connectivity index (χ1v) is 10.0. The van der Waals surface area contributed by atoms with Gasteiger partial charge < -0.3 is 19.5 Å². The fourth-order valence-corrected chi connectivity index (χ4v) is 3.93.